The van der Waals surface area contributed by atoms with Crippen LogP contribution in [0, 0.1) is 0 Å². The first-order chi connectivity index (χ1) is 39.0. The van der Waals surface area contributed by atoms with E-state index >= 15 is 0 Å². The topological polar surface area (TPSA) is 78.9 Å². The maximum Gasteiger partial charge on any atom is 0.306 e. The number of ether oxygens (including phenoxy) is 3. The van der Waals surface area contributed by atoms with E-state index in [1.807, 2.05) is 0 Å². The summed E-state index contributed by atoms with van der Waals surface area (Å²) in [6, 6.07) is 0. The monoisotopic (exact) mass is 1100 g/mol. The number of esters is 3. The van der Waals surface area contributed by atoms with Gasteiger partial charge in [-0.1, -0.05) is 293 Å². The van der Waals surface area contributed by atoms with E-state index in [-0.39, 0.29) is 31.1 Å². The van der Waals surface area contributed by atoms with E-state index in [9.17, 15) is 14.4 Å². The Labute approximate surface area is 491 Å². The summed E-state index contributed by atoms with van der Waals surface area (Å²) in [5, 5.41) is 0. The quantitative estimate of drug-likeness (QED) is 0.0261. The molecule has 0 saturated carbocycles. The van der Waals surface area contributed by atoms with Crippen molar-refractivity contribution in [3.63, 3.8) is 0 Å². The zero-order chi connectivity index (χ0) is 57.1. The van der Waals surface area contributed by atoms with Gasteiger partial charge in [-0.25, -0.2) is 0 Å². The number of unbranched alkanes of at least 4 members (excludes halogenated alkanes) is 40. The molecule has 0 spiro atoms. The largest absolute Gasteiger partial charge is 0.462 e. The van der Waals surface area contributed by atoms with Gasteiger partial charge in [0.2, 0.25) is 0 Å². The number of rotatable bonds is 63. The molecule has 0 aromatic heterocycles. The highest BCUT2D eigenvalue weighted by Crippen LogP contribution is 2.17. The Morgan fingerprint density at radius 3 is 0.722 bits per heavy atom. The summed E-state index contributed by atoms with van der Waals surface area (Å²) in [6.45, 7) is 6.61. The molecule has 1 unspecified atom stereocenters. The highest BCUT2D eigenvalue weighted by Gasteiger charge is 2.19. The molecule has 1 atom stereocenters. The minimum atomic E-state index is -0.785. The molecule has 0 bridgehead atoms. The van der Waals surface area contributed by atoms with Crippen LogP contribution in [0.3, 0.4) is 0 Å². The third kappa shape index (κ3) is 65.5. The second-order valence-electron chi connectivity index (χ2n) is 23.1. The first-order valence-corrected chi connectivity index (χ1v) is 34.4. The van der Waals surface area contributed by atoms with Gasteiger partial charge < -0.3 is 14.2 Å². The number of hydrogen-bond donors (Lipinski definition) is 0. The molecule has 6 heteroatoms. The molecule has 6 nitrogen and oxygen atoms in total. The van der Waals surface area contributed by atoms with Crippen molar-refractivity contribution < 1.29 is 28.6 Å². The zero-order valence-corrected chi connectivity index (χ0v) is 52.6. The second kappa shape index (κ2) is 67.4. The summed E-state index contributed by atoms with van der Waals surface area (Å²) >= 11 is 0. The van der Waals surface area contributed by atoms with Crippen molar-refractivity contribution in [2.75, 3.05) is 13.2 Å². The van der Waals surface area contributed by atoms with Crippen molar-refractivity contribution in [2.45, 2.75) is 361 Å². The number of hydrogen-bond acceptors (Lipinski definition) is 6. The van der Waals surface area contributed by atoms with E-state index in [2.05, 4.69) is 93.7 Å². The van der Waals surface area contributed by atoms with Crippen LogP contribution in [0.25, 0.3) is 0 Å². The van der Waals surface area contributed by atoms with E-state index in [0.29, 0.717) is 19.3 Å². The molecule has 0 radical (unpaired) electrons. The molecule has 0 amide bonds. The van der Waals surface area contributed by atoms with Gasteiger partial charge >= 0.3 is 17.9 Å². The molecule has 0 aliphatic carbocycles. The van der Waals surface area contributed by atoms with Crippen LogP contribution in [0.5, 0.6) is 0 Å². The Kier molecular flexibility index (Phi) is 64.7. The zero-order valence-electron chi connectivity index (χ0n) is 52.6. The lowest BCUT2D eigenvalue weighted by atomic mass is 10.0. The normalized spacial score (nSPS) is 12.5. The lowest BCUT2D eigenvalue weighted by molar-refractivity contribution is -0.167. The number of carbonyl (C=O) groups excluding carboxylic acids is 3. The average molecular weight is 1100 g/mol. The van der Waals surface area contributed by atoms with Crippen molar-refractivity contribution in [1.82, 2.24) is 0 Å². The highest BCUT2D eigenvalue weighted by atomic mass is 16.6. The Balaban J connectivity index is 4.29. The van der Waals surface area contributed by atoms with Crippen molar-refractivity contribution in [3.8, 4) is 0 Å². The number of carbonyl (C=O) groups is 3. The minimum absolute atomic E-state index is 0.0794. The van der Waals surface area contributed by atoms with Crippen LogP contribution in [-0.2, 0) is 28.6 Å². The first kappa shape index (κ1) is 75.8. The Bertz CT molecular complexity index is 1450. The molecule has 0 aliphatic rings. The molecule has 0 aliphatic heterocycles. The van der Waals surface area contributed by atoms with Crippen LogP contribution in [0.15, 0.2) is 72.9 Å². The SMILES string of the molecule is CCCCC/C=C\C/C=C\CCCCCCCCCCCC(=O)OC(COC(=O)CCCCCCC/C=C\C/C=C\CCCCC)COC(=O)CCCCCCCCCCCCCCCCC/C=C\C/C=C\CCCCCCC. The first-order valence-electron chi connectivity index (χ1n) is 34.4. The molecular weight excluding hydrogens is 973 g/mol. The van der Waals surface area contributed by atoms with E-state index < -0.39 is 6.10 Å². The maximum absolute atomic E-state index is 12.9. The molecule has 458 valence electrons. The van der Waals surface area contributed by atoms with Crippen molar-refractivity contribution in [1.29, 1.82) is 0 Å². The fraction of sp³-hybridized carbons (Fsp3) is 0.795. The van der Waals surface area contributed by atoms with Gasteiger partial charge in [-0.05, 0) is 116 Å². The summed E-state index contributed by atoms with van der Waals surface area (Å²) in [7, 11) is 0. The van der Waals surface area contributed by atoms with E-state index in [1.54, 1.807) is 0 Å². The third-order valence-electron chi connectivity index (χ3n) is 15.2. The van der Waals surface area contributed by atoms with Crippen LogP contribution in [0.2, 0.25) is 0 Å². The van der Waals surface area contributed by atoms with E-state index in [0.717, 1.165) is 89.9 Å². The van der Waals surface area contributed by atoms with Gasteiger partial charge in [-0.2, -0.15) is 0 Å². The number of allylic oxidation sites excluding steroid dienone is 12. The van der Waals surface area contributed by atoms with Crippen LogP contribution in [-0.4, -0.2) is 37.2 Å². The summed E-state index contributed by atoms with van der Waals surface area (Å²) in [4.78, 5) is 38.4. The van der Waals surface area contributed by atoms with Gasteiger partial charge in [-0.15, -0.1) is 0 Å². The Morgan fingerprint density at radius 1 is 0.253 bits per heavy atom. The van der Waals surface area contributed by atoms with Crippen LogP contribution < -0.4 is 0 Å². The second-order valence-corrected chi connectivity index (χ2v) is 23.1. The highest BCUT2D eigenvalue weighted by molar-refractivity contribution is 5.71. The Morgan fingerprint density at radius 2 is 0.456 bits per heavy atom. The molecule has 79 heavy (non-hydrogen) atoms. The van der Waals surface area contributed by atoms with Crippen molar-refractivity contribution >= 4 is 17.9 Å². The van der Waals surface area contributed by atoms with Gasteiger partial charge in [0.15, 0.2) is 6.10 Å². The summed E-state index contributed by atoms with van der Waals surface area (Å²) < 4.78 is 17.0. The van der Waals surface area contributed by atoms with Crippen molar-refractivity contribution in [3.05, 3.63) is 72.9 Å². The van der Waals surface area contributed by atoms with Gasteiger partial charge in [0.05, 0.1) is 0 Å². The van der Waals surface area contributed by atoms with E-state index in [4.69, 9.17) is 14.2 Å². The van der Waals surface area contributed by atoms with Gasteiger partial charge in [-0.3, -0.25) is 14.4 Å². The predicted octanol–water partition coefficient (Wildman–Crippen LogP) is 23.7. The van der Waals surface area contributed by atoms with Gasteiger partial charge in [0.1, 0.15) is 13.2 Å². The summed E-state index contributed by atoms with van der Waals surface area (Å²) in [5.41, 5.74) is 0. The fourth-order valence-electron chi connectivity index (χ4n) is 9.95. The van der Waals surface area contributed by atoms with Crippen LogP contribution in [0.4, 0.5) is 0 Å². The molecule has 0 fully saturated rings. The predicted molar refractivity (Wildman–Crippen MR) is 344 cm³/mol. The minimum Gasteiger partial charge on any atom is -0.462 e. The van der Waals surface area contributed by atoms with Crippen LogP contribution >= 0.6 is 0 Å². The molecular formula is C73H130O6. The fourth-order valence-corrected chi connectivity index (χ4v) is 9.95. The lowest BCUT2D eigenvalue weighted by Gasteiger charge is -2.18. The van der Waals surface area contributed by atoms with Crippen molar-refractivity contribution in [2.24, 2.45) is 0 Å². The Hall–Kier alpha value is -3.15. The molecule has 0 aromatic rings. The molecule has 0 heterocycles. The van der Waals surface area contributed by atoms with E-state index in [1.165, 1.54) is 225 Å². The standard InChI is InChI=1S/C73H130O6/c1-4-7-10-13-16-19-22-25-28-30-32-33-34-35-36-37-38-39-41-42-45-48-51-54-57-60-63-66-72(75)78-69-70(68-77-71(74)65-62-59-56-53-50-47-44-27-24-21-18-15-12-9-6-3)79-73(76)67-64-61-58-55-52-49-46-43-40-31-29-26-23-20-17-14-11-8-5-2/h17-18,20-22,25-27,29-30,32,44,70H,4-16,19,23-24,28,31,33-43,45-69H2,1-3H3/b20-17-,21-18-,25-22-,29-26-,32-30-,44-27-. The smallest absolute Gasteiger partial charge is 0.306 e. The molecule has 0 saturated heterocycles. The molecule has 0 N–H and O–H groups in total. The van der Waals surface area contributed by atoms with Crippen LogP contribution in [0.1, 0.15) is 355 Å². The molecule has 0 aromatic carbocycles. The summed E-state index contributed by atoms with van der Waals surface area (Å²) in [6.07, 6.45) is 87.7. The molecule has 0 rings (SSSR count). The lowest BCUT2D eigenvalue weighted by Crippen LogP contribution is -2.30. The average Bonchev–Trinajstić information content (AvgIpc) is 3.45. The maximum atomic E-state index is 12.9. The van der Waals surface area contributed by atoms with Gasteiger partial charge in [0, 0.05) is 19.3 Å². The van der Waals surface area contributed by atoms with Gasteiger partial charge in [0.25, 0.3) is 0 Å². The summed E-state index contributed by atoms with van der Waals surface area (Å²) in [5.74, 6) is -0.880. The third-order valence-corrected chi connectivity index (χ3v) is 15.2.